The van der Waals surface area contributed by atoms with E-state index in [1.165, 1.54) is 19.2 Å². The van der Waals surface area contributed by atoms with Crippen LogP contribution >= 0.6 is 11.8 Å². The van der Waals surface area contributed by atoms with Crippen LogP contribution in [0.5, 0.6) is 0 Å². The van der Waals surface area contributed by atoms with Crippen molar-refractivity contribution < 1.29 is 4.52 Å². The highest BCUT2D eigenvalue weighted by molar-refractivity contribution is 8.13. The smallest absolute Gasteiger partial charge is 0.213 e. The average Bonchev–Trinajstić information content (AvgIpc) is 2.90. The zero-order chi connectivity index (χ0) is 12.1. The number of aromatic nitrogens is 2. The maximum absolute atomic E-state index is 4.67. The van der Waals surface area contributed by atoms with Crippen molar-refractivity contribution in [2.75, 3.05) is 12.3 Å². The molecule has 0 spiro atoms. The second-order valence-electron chi connectivity index (χ2n) is 4.32. The van der Waals surface area contributed by atoms with Gasteiger partial charge in [-0.25, -0.2) is 0 Å². The Morgan fingerprint density at radius 2 is 2.29 bits per heavy atom. The molecule has 0 bridgehead atoms. The Labute approximate surface area is 105 Å². The predicted molar refractivity (Wildman–Crippen MR) is 68.9 cm³/mol. The number of nitrogens with zero attached hydrogens (tertiary/aromatic N) is 3. The third-order valence-electron chi connectivity index (χ3n) is 3.38. The van der Waals surface area contributed by atoms with Gasteiger partial charge in [0.15, 0.2) is 11.0 Å². The number of thioether (sulfide) groups is 1. The molecule has 0 aromatic carbocycles. The number of hydrogen-bond acceptors (Lipinski definition) is 6. The zero-order valence-electron chi connectivity index (χ0n) is 10.3. The normalized spacial score (nSPS) is 18.8. The molecule has 1 aliphatic rings. The van der Waals surface area contributed by atoms with Gasteiger partial charge in [0.05, 0.1) is 6.54 Å². The maximum atomic E-state index is 4.67. The van der Waals surface area contributed by atoms with Gasteiger partial charge in [0.1, 0.15) is 0 Å². The van der Waals surface area contributed by atoms with Gasteiger partial charge in [-0.05, 0) is 18.3 Å². The van der Waals surface area contributed by atoms with Crippen molar-refractivity contribution in [3.8, 4) is 0 Å². The summed E-state index contributed by atoms with van der Waals surface area (Å²) in [4.78, 5) is 8.56. The minimum atomic E-state index is 0.391. The number of hydrogen-bond donors (Lipinski definition) is 1. The molecular weight excluding hydrogens is 236 g/mol. The van der Waals surface area contributed by atoms with Crippen molar-refractivity contribution in [2.45, 2.75) is 33.2 Å². The minimum absolute atomic E-state index is 0.391. The molecule has 0 atom stereocenters. The van der Waals surface area contributed by atoms with E-state index in [9.17, 15) is 0 Å². The lowest BCUT2D eigenvalue weighted by atomic mass is 9.84. The number of amidine groups is 1. The first kappa shape index (κ1) is 12.4. The topological polar surface area (TPSA) is 63.3 Å². The molecule has 6 heteroatoms. The van der Waals surface area contributed by atoms with Crippen LogP contribution in [-0.2, 0) is 6.54 Å². The number of nitrogens with one attached hydrogen (secondary N) is 1. The highest BCUT2D eigenvalue weighted by Gasteiger charge is 2.29. The summed E-state index contributed by atoms with van der Waals surface area (Å²) in [6, 6.07) is 0. The average molecular weight is 254 g/mol. The van der Waals surface area contributed by atoms with Crippen molar-refractivity contribution in [3.63, 3.8) is 0 Å². The Balaban J connectivity index is 1.86. The van der Waals surface area contributed by atoms with Gasteiger partial charge in [0.2, 0.25) is 6.39 Å². The molecule has 94 valence electrons. The van der Waals surface area contributed by atoms with Gasteiger partial charge >= 0.3 is 0 Å². The van der Waals surface area contributed by atoms with Crippen molar-refractivity contribution in [1.82, 2.24) is 15.5 Å². The standard InChI is InChI=1S/C11H18N4OS/c1-3-11(4-2)6-13-10(17-7-11)12-5-9-14-8-16-15-9/h8H,3-7H2,1-2H3,(H,12,13). The van der Waals surface area contributed by atoms with Gasteiger partial charge in [-0.1, -0.05) is 30.8 Å². The molecule has 1 aromatic heterocycles. The van der Waals surface area contributed by atoms with Crippen LogP contribution in [0.15, 0.2) is 15.9 Å². The van der Waals surface area contributed by atoms with Crippen LogP contribution in [0.3, 0.4) is 0 Å². The highest BCUT2D eigenvalue weighted by atomic mass is 32.2. The zero-order valence-corrected chi connectivity index (χ0v) is 11.1. The first-order valence-electron chi connectivity index (χ1n) is 5.94. The third kappa shape index (κ3) is 3.00. The first-order chi connectivity index (χ1) is 8.28. The Bertz CT molecular complexity index is 373. The van der Waals surface area contributed by atoms with Crippen LogP contribution < -0.4 is 5.32 Å². The summed E-state index contributed by atoms with van der Waals surface area (Å²) in [5.41, 5.74) is 0.391. The lowest BCUT2D eigenvalue weighted by Crippen LogP contribution is -2.34. The molecular formula is C11H18N4OS. The molecule has 2 heterocycles. The summed E-state index contributed by atoms with van der Waals surface area (Å²) in [5.74, 6) is 1.80. The first-order valence-corrected chi connectivity index (χ1v) is 6.93. The second kappa shape index (κ2) is 5.53. The molecule has 0 unspecified atom stereocenters. The molecule has 0 saturated heterocycles. The molecule has 0 radical (unpaired) electrons. The largest absolute Gasteiger partial charge is 0.357 e. The van der Waals surface area contributed by atoms with Gasteiger partial charge < -0.3 is 9.84 Å². The van der Waals surface area contributed by atoms with E-state index in [0.717, 1.165) is 17.5 Å². The van der Waals surface area contributed by atoms with Crippen LogP contribution in [0, 0.1) is 5.41 Å². The summed E-state index contributed by atoms with van der Waals surface area (Å²) in [5, 5.41) is 7.98. The number of rotatable bonds is 4. The van der Waals surface area contributed by atoms with E-state index in [0.29, 0.717) is 17.8 Å². The summed E-state index contributed by atoms with van der Waals surface area (Å²) >= 11 is 1.79. The van der Waals surface area contributed by atoms with Gasteiger partial charge in [-0.3, -0.25) is 4.99 Å². The highest BCUT2D eigenvalue weighted by Crippen LogP contribution is 2.34. The lowest BCUT2D eigenvalue weighted by Gasteiger charge is -2.33. The van der Waals surface area contributed by atoms with Gasteiger partial charge in [-0.2, -0.15) is 4.98 Å². The van der Waals surface area contributed by atoms with Crippen molar-refractivity contribution in [1.29, 1.82) is 0 Å². The van der Waals surface area contributed by atoms with Gasteiger partial charge in [-0.15, -0.1) is 0 Å². The second-order valence-corrected chi connectivity index (χ2v) is 5.28. The molecule has 0 saturated carbocycles. The molecule has 5 nitrogen and oxygen atoms in total. The molecule has 1 aromatic rings. The van der Waals surface area contributed by atoms with E-state index in [1.54, 1.807) is 11.8 Å². The van der Waals surface area contributed by atoms with E-state index in [1.807, 2.05) is 0 Å². The third-order valence-corrected chi connectivity index (χ3v) is 4.68. The molecule has 1 aliphatic heterocycles. The summed E-state index contributed by atoms with van der Waals surface area (Å²) in [7, 11) is 0. The van der Waals surface area contributed by atoms with Crippen LogP contribution in [-0.4, -0.2) is 27.6 Å². The molecule has 0 fully saturated rings. The van der Waals surface area contributed by atoms with Gasteiger partial charge in [0.25, 0.3) is 0 Å². The molecule has 2 rings (SSSR count). The van der Waals surface area contributed by atoms with Crippen LogP contribution in [0.1, 0.15) is 32.5 Å². The summed E-state index contributed by atoms with van der Waals surface area (Å²) in [6.45, 7) is 5.99. The monoisotopic (exact) mass is 254 g/mol. The Morgan fingerprint density at radius 3 is 2.82 bits per heavy atom. The fourth-order valence-electron chi connectivity index (χ4n) is 1.76. The van der Waals surface area contributed by atoms with E-state index in [4.69, 9.17) is 0 Å². The number of aliphatic imine (C=N–C) groups is 1. The van der Waals surface area contributed by atoms with E-state index in [2.05, 4.69) is 38.8 Å². The van der Waals surface area contributed by atoms with E-state index in [-0.39, 0.29) is 0 Å². The summed E-state index contributed by atoms with van der Waals surface area (Å²) in [6.07, 6.45) is 3.72. The molecule has 0 amide bonds. The van der Waals surface area contributed by atoms with Crippen molar-refractivity contribution >= 4 is 16.9 Å². The van der Waals surface area contributed by atoms with E-state index < -0.39 is 0 Å². The Hall–Kier alpha value is -1.04. The molecule has 0 aliphatic carbocycles. The van der Waals surface area contributed by atoms with Gasteiger partial charge in [0, 0.05) is 12.3 Å². The van der Waals surface area contributed by atoms with Crippen molar-refractivity contribution in [2.24, 2.45) is 10.4 Å². The fourth-order valence-corrected chi connectivity index (χ4v) is 3.03. The summed E-state index contributed by atoms with van der Waals surface area (Å²) < 4.78 is 4.67. The fraction of sp³-hybridized carbons (Fsp3) is 0.727. The van der Waals surface area contributed by atoms with E-state index >= 15 is 0 Å². The van der Waals surface area contributed by atoms with Crippen LogP contribution in [0.25, 0.3) is 0 Å². The Morgan fingerprint density at radius 1 is 1.47 bits per heavy atom. The Kier molecular flexibility index (Phi) is 4.04. The maximum Gasteiger partial charge on any atom is 0.213 e. The predicted octanol–water partition coefficient (Wildman–Crippen LogP) is 2.07. The van der Waals surface area contributed by atoms with Crippen molar-refractivity contribution in [3.05, 3.63) is 12.2 Å². The molecule has 1 N–H and O–H groups in total. The molecule has 17 heavy (non-hydrogen) atoms. The lowest BCUT2D eigenvalue weighted by molar-refractivity contribution is 0.318. The SMILES string of the molecule is CCC1(CC)CN=C(NCc2ncon2)SC1. The van der Waals surface area contributed by atoms with Crippen LogP contribution in [0.4, 0.5) is 0 Å². The quantitative estimate of drug-likeness (QED) is 0.891. The van der Waals surface area contributed by atoms with Crippen LogP contribution in [0.2, 0.25) is 0 Å². The minimum Gasteiger partial charge on any atom is -0.357 e.